The van der Waals surface area contributed by atoms with Crippen LogP contribution >= 0.6 is 0 Å². The van der Waals surface area contributed by atoms with Gasteiger partial charge in [-0.2, -0.15) is 0 Å². The number of hydrogen-bond acceptors (Lipinski definition) is 4. The van der Waals surface area contributed by atoms with E-state index in [2.05, 4.69) is 0 Å². The Balaban J connectivity index is 1.87. The van der Waals surface area contributed by atoms with Crippen molar-refractivity contribution in [2.75, 3.05) is 39.9 Å². The van der Waals surface area contributed by atoms with E-state index in [1.807, 2.05) is 24.3 Å². The topological polar surface area (TPSA) is 59.1 Å². The van der Waals surface area contributed by atoms with Crippen molar-refractivity contribution in [1.82, 2.24) is 9.80 Å². The fourth-order valence-electron chi connectivity index (χ4n) is 2.34. The van der Waals surface area contributed by atoms with Gasteiger partial charge in [0.2, 0.25) is 5.91 Å². The van der Waals surface area contributed by atoms with Crippen molar-refractivity contribution in [3.63, 3.8) is 0 Å². The molecule has 1 aromatic rings. The summed E-state index contributed by atoms with van der Waals surface area (Å²) in [5.74, 6) is 0.693. The zero-order chi connectivity index (χ0) is 16.7. The van der Waals surface area contributed by atoms with Gasteiger partial charge in [0, 0.05) is 32.3 Å². The molecule has 0 radical (unpaired) electrons. The van der Waals surface area contributed by atoms with Gasteiger partial charge in [0.25, 0.3) is 0 Å². The van der Waals surface area contributed by atoms with Gasteiger partial charge in [0.05, 0.1) is 13.7 Å². The molecule has 1 saturated heterocycles. The first-order valence-corrected chi connectivity index (χ1v) is 7.66. The molecule has 1 aromatic carbocycles. The second kappa shape index (κ2) is 8.22. The normalized spacial score (nSPS) is 14.9. The van der Waals surface area contributed by atoms with Crippen LogP contribution in [-0.2, 0) is 9.53 Å². The fraction of sp³-hybridized carbons (Fsp3) is 0.412. The summed E-state index contributed by atoms with van der Waals surface area (Å²) in [6, 6.07) is 7.50. The molecule has 0 bridgehead atoms. The van der Waals surface area contributed by atoms with Crippen LogP contribution in [0.2, 0.25) is 0 Å². The Kier molecular flexibility index (Phi) is 6.02. The number of methoxy groups -OCH3 is 1. The maximum atomic E-state index is 12.2. The second-order valence-corrected chi connectivity index (χ2v) is 5.12. The van der Waals surface area contributed by atoms with Gasteiger partial charge in [-0.1, -0.05) is 12.1 Å². The Morgan fingerprint density at radius 3 is 2.52 bits per heavy atom. The van der Waals surface area contributed by atoms with Gasteiger partial charge < -0.3 is 19.3 Å². The molecule has 1 fully saturated rings. The van der Waals surface area contributed by atoms with Gasteiger partial charge >= 0.3 is 6.09 Å². The van der Waals surface area contributed by atoms with E-state index in [9.17, 15) is 9.59 Å². The van der Waals surface area contributed by atoms with Crippen LogP contribution in [0.15, 0.2) is 30.3 Å². The highest BCUT2D eigenvalue weighted by Gasteiger charge is 2.23. The predicted molar refractivity (Wildman–Crippen MR) is 87.2 cm³/mol. The van der Waals surface area contributed by atoms with E-state index in [0.717, 1.165) is 11.3 Å². The minimum atomic E-state index is -0.313. The summed E-state index contributed by atoms with van der Waals surface area (Å²) in [5, 5.41) is 0. The van der Waals surface area contributed by atoms with Crippen LogP contribution in [0.4, 0.5) is 4.79 Å². The van der Waals surface area contributed by atoms with E-state index >= 15 is 0 Å². The summed E-state index contributed by atoms with van der Waals surface area (Å²) in [7, 11) is 1.61. The summed E-state index contributed by atoms with van der Waals surface area (Å²) in [6.45, 7) is 4.16. The number of nitrogens with zero attached hydrogens (tertiary/aromatic N) is 2. The van der Waals surface area contributed by atoms with Crippen molar-refractivity contribution in [2.24, 2.45) is 0 Å². The van der Waals surface area contributed by atoms with Crippen molar-refractivity contribution in [2.45, 2.75) is 6.92 Å². The van der Waals surface area contributed by atoms with E-state index < -0.39 is 0 Å². The standard InChI is InChI=1S/C17H22N2O4/c1-3-23-17(21)19-11-9-18(10-12-19)16(20)8-7-14-5-4-6-15(13-14)22-2/h4-8,13H,3,9-12H2,1-2H3/b8-7+. The van der Waals surface area contributed by atoms with Crippen LogP contribution in [0.25, 0.3) is 6.08 Å². The third-order valence-electron chi connectivity index (χ3n) is 3.63. The first-order chi connectivity index (χ1) is 11.1. The summed E-state index contributed by atoms with van der Waals surface area (Å²) in [4.78, 5) is 27.2. The summed E-state index contributed by atoms with van der Waals surface area (Å²) in [6.07, 6.45) is 3.00. The maximum absolute atomic E-state index is 12.2. The number of hydrogen-bond donors (Lipinski definition) is 0. The highest BCUT2D eigenvalue weighted by atomic mass is 16.6. The Bertz CT molecular complexity index is 578. The number of piperazine rings is 1. The number of rotatable bonds is 4. The molecule has 2 amide bonds. The summed E-state index contributed by atoms with van der Waals surface area (Å²) < 4.78 is 10.1. The lowest BCUT2D eigenvalue weighted by Gasteiger charge is -2.33. The van der Waals surface area contributed by atoms with Crippen LogP contribution in [0, 0.1) is 0 Å². The van der Waals surface area contributed by atoms with Crippen molar-refractivity contribution in [3.05, 3.63) is 35.9 Å². The Hall–Kier alpha value is -2.50. The molecule has 0 saturated carbocycles. The van der Waals surface area contributed by atoms with E-state index in [0.29, 0.717) is 32.8 Å². The maximum Gasteiger partial charge on any atom is 0.409 e. The molecule has 23 heavy (non-hydrogen) atoms. The molecule has 0 unspecified atom stereocenters. The van der Waals surface area contributed by atoms with E-state index in [-0.39, 0.29) is 12.0 Å². The predicted octanol–water partition coefficient (Wildman–Crippen LogP) is 2.01. The van der Waals surface area contributed by atoms with Crippen molar-refractivity contribution < 1.29 is 19.1 Å². The van der Waals surface area contributed by atoms with Crippen LogP contribution in [-0.4, -0.2) is 61.7 Å². The van der Waals surface area contributed by atoms with E-state index in [1.54, 1.807) is 36.0 Å². The van der Waals surface area contributed by atoms with Crippen molar-refractivity contribution in [3.8, 4) is 5.75 Å². The van der Waals surface area contributed by atoms with Crippen LogP contribution < -0.4 is 4.74 Å². The van der Waals surface area contributed by atoms with Gasteiger partial charge in [0.15, 0.2) is 0 Å². The number of ether oxygens (including phenoxy) is 2. The largest absolute Gasteiger partial charge is 0.497 e. The Morgan fingerprint density at radius 1 is 1.17 bits per heavy atom. The SMILES string of the molecule is CCOC(=O)N1CCN(C(=O)/C=C/c2cccc(OC)c2)CC1. The molecule has 1 heterocycles. The smallest absolute Gasteiger partial charge is 0.409 e. The van der Waals surface area contributed by atoms with E-state index in [4.69, 9.17) is 9.47 Å². The van der Waals surface area contributed by atoms with Crippen LogP contribution in [0.5, 0.6) is 5.75 Å². The highest BCUT2D eigenvalue weighted by molar-refractivity contribution is 5.92. The molecule has 6 heteroatoms. The molecule has 0 spiro atoms. The Labute approximate surface area is 136 Å². The number of benzene rings is 1. The lowest BCUT2D eigenvalue weighted by atomic mass is 10.2. The van der Waals surface area contributed by atoms with Gasteiger partial charge in [-0.05, 0) is 30.7 Å². The number of amides is 2. The quantitative estimate of drug-likeness (QED) is 0.797. The average molecular weight is 318 g/mol. The third kappa shape index (κ3) is 4.74. The average Bonchev–Trinajstić information content (AvgIpc) is 2.60. The molecule has 0 aliphatic carbocycles. The lowest BCUT2D eigenvalue weighted by molar-refractivity contribution is -0.127. The van der Waals surface area contributed by atoms with E-state index in [1.165, 1.54) is 0 Å². The van der Waals surface area contributed by atoms with Gasteiger partial charge in [-0.25, -0.2) is 4.79 Å². The molecule has 1 aliphatic heterocycles. The first-order valence-electron chi connectivity index (χ1n) is 7.66. The van der Waals surface area contributed by atoms with Crippen LogP contribution in [0.3, 0.4) is 0 Å². The number of carbonyl (C=O) groups is 2. The van der Waals surface area contributed by atoms with Gasteiger partial charge in [-0.3, -0.25) is 4.79 Å². The second-order valence-electron chi connectivity index (χ2n) is 5.12. The van der Waals surface area contributed by atoms with Gasteiger partial charge in [-0.15, -0.1) is 0 Å². The molecular weight excluding hydrogens is 296 g/mol. The summed E-state index contributed by atoms with van der Waals surface area (Å²) in [5.41, 5.74) is 0.905. The molecule has 124 valence electrons. The zero-order valence-electron chi connectivity index (χ0n) is 13.5. The highest BCUT2D eigenvalue weighted by Crippen LogP contribution is 2.14. The molecule has 0 atom stereocenters. The molecule has 0 N–H and O–H groups in total. The molecule has 2 rings (SSSR count). The van der Waals surface area contributed by atoms with Crippen molar-refractivity contribution in [1.29, 1.82) is 0 Å². The van der Waals surface area contributed by atoms with Crippen LogP contribution in [0.1, 0.15) is 12.5 Å². The number of carbonyl (C=O) groups excluding carboxylic acids is 2. The van der Waals surface area contributed by atoms with Crippen molar-refractivity contribution >= 4 is 18.1 Å². The first kappa shape index (κ1) is 16.9. The fourth-order valence-corrected chi connectivity index (χ4v) is 2.34. The Morgan fingerprint density at radius 2 is 1.87 bits per heavy atom. The molecule has 0 aromatic heterocycles. The molecule has 1 aliphatic rings. The monoisotopic (exact) mass is 318 g/mol. The minimum Gasteiger partial charge on any atom is -0.497 e. The zero-order valence-corrected chi connectivity index (χ0v) is 13.5. The minimum absolute atomic E-state index is 0.0590. The summed E-state index contributed by atoms with van der Waals surface area (Å²) >= 11 is 0. The third-order valence-corrected chi connectivity index (χ3v) is 3.63. The lowest BCUT2D eigenvalue weighted by Crippen LogP contribution is -2.50. The van der Waals surface area contributed by atoms with Gasteiger partial charge in [0.1, 0.15) is 5.75 Å². The molecular formula is C17H22N2O4. The molecule has 6 nitrogen and oxygen atoms in total.